The van der Waals surface area contributed by atoms with Crippen LogP contribution in [0.3, 0.4) is 0 Å². The van der Waals surface area contributed by atoms with Crippen LogP contribution in [0.4, 0.5) is 0 Å². The van der Waals surface area contributed by atoms with Crippen molar-refractivity contribution in [2.45, 2.75) is 70.0 Å². The summed E-state index contributed by atoms with van der Waals surface area (Å²) in [4.78, 5) is 7.05. The summed E-state index contributed by atoms with van der Waals surface area (Å²) in [6, 6.07) is 11.6. The quantitative estimate of drug-likeness (QED) is 0.700. The van der Waals surface area contributed by atoms with Gasteiger partial charge in [-0.25, -0.2) is 0 Å². The normalized spacial score (nSPS) is 23.6. The van der Waals surface area contributed by atoms with Gasteiger partial charge >= 0.3 is 0 Å². The van der Waals surface area contributed by atoms with Crippen LogP contribution in [-0.4, -0.2) is 26.1 Å². The van der Waals surface area contributed by atoms with Crippen molar-refractivity contribution in [3.63, 3.8) is 0 Å². The molecule has 3 heterocycles. The van der Waals surface area contributed by atoms with Gasteiger partial charge in [-0.05, 0) is 55.7 Å². The minimum atomic E-state index is 0.104. The second-order valence-corrected chi connectivity index (χ2v) is 8.19. The molecule has 1 N–H and O–H groups in total. The molecule has 2 aliphatic rings. The summed E-state index contributed by atoms with van der Waals surface area (Å²) >= 11 is 5.76. The molecule has 0 radical (unpaired) electrons. The van der Waals surface area contributed by atoms with E-state index in [1.54, 1.807) is 0 Å². The van der Waals surface area contributed by atoms with E-state index in [-0.39, 0.29) is 12.1 Å². The van der Waals surface area contributed by atoms with Crippen LogP contribution < -0.4 is 5.32 Å². The zero-order valence-corrected chi connectivity index (χ0v) is 17.0. The maximum absolute atomic E-state index is 5.76. The SMILES string of the molecule is CCCCN1C(=S)NC(c2ccccn2)C1c1cccn1C1CCCCC1. The zero-order valence-electron chi connectivity index (χ0n) is 16.2. The van der Waals surface area contributed by atoms with E-state index in [2.05, 4.69) is 57.2 Å². The lowest BCUT2D eigenvalue weighted by Crippen LogP contribution is -2.32. The molecule has 0 spiro atoms. The van der Waals surface area contributed by atoms with E-state index in [1.807, 2.05) is 12.3 Å². The largest absolute Gasteiger partial charge is 0.352 e. The number of hydrogen-bond donors (Lipinski definition) is 1. The van der Waals surface area contributed by atoms with Gasteiger partial charge in [0.25, 0.3) is 0 Å². The summed E-state index contributed by atoms with van der Waals surface area (Å²) in [5.41, 5.74) is 2.45. The smallest absolute Gasteiger partial charge is 0.170 e. The van der Waals surface area contributed by atoms with Crippen molar-refractivity contribution in [1.82, 2.24) is 19.8 Å². The van der Waals surface area contributed by atoms with Gasteiger partial charge < -0.3 is 14.8 Å². The van der Waals surface area contributed by atoms with Crippen molar-refractivity contribution < 1.29 is 0 Å². The van der Waals surface area contributed by atoms with Gasteiger partial charge in [-0.3, -0.25) is 4.98 Å². The van der Waals surface area contributed by atoms with Gasteiger partial charge in [0.1, 0.15) is 0 Å². The van der Waals surface area contributed by atoms with Crippen LogP contribution in [0.15, 0.2) is 42.7 Å². The Balaban J connectivity index is 1.71. The highest BCUT2D eigenvalue weighted by Gasteiger charge is 2.41. The van der Waals surface area contributed by atoms with Crippen LogP contribution in [0, 0.1) is 0 Å². The molecule has 2 atom stereocenters. The average Bonchev–Trinajstić information content (AvgIpc) is 3.32. The summed E-state index contributed by atoms with van der Waals surface area (Å²) in [6.45, 7) is 3.23. The highest BCUT2D eigenvalue weighted by atomic mass is 32.1. The van der Waals surface area contributed by atoms with Crippen molar-refractivity contribution in [3.05, 3.63) is 54.1 Å². The first-order chi connectivity index (χ1) is 13.3. The third-order valence-electron chi connectivity index (χ3n) is 6.03. The number of pyridine rings is 1. The molecule has 2 unspecified atom stereocenters. The molecule has 1 saturated carbocycles. The van der Waals surface area contributed by atoms with E-state index in [0.717, 1.165) is 23.8 Å². The van der Waals surface area contributed by atoms with Crippen LogP contribution in [-0.2, 0) is 0 Å². The summed E-state index contributed by atoms with van der Waals surface area (Å²) in [6.07, 6.45) is 13.1. The maximum atomic E-state index is 5.76. The molecule has 0 amide bonds. The minimum Gasteiger partial charge on any atom is -0.352 e. The molecule has 2 fully saturated rings. The Labute approximate surface area is 168 Å². The zero-order chi connectivity index (χ0) is 18.6. The molecule has 1 aliphatic heterocycles. The standard InChI is InChI=1S/C22H30N4S/c1-2-3-15-26-21(20(24-22(26)27)18-12-7-8-14-23-18)19-13-9-16-25(19)17-10-5-4-6-11-17/h7-9,12-14,16-17,20-21H,2-6,10-11,15H2,1H3,(H,24,27). The number of unbranched alkanes of at least 4 members (excludes halogenated alkanes) is 1. The predicted molar refractivity (Wildman–Crippen MR) is 114 cm³/mol. The van der Waals surface area contributed by atoms with E-state index in [0.29, 0.717) is 6.04 Å². The Morgan fingerprint density at radius 2 is 2.00 bits per heavy atom. The summed E-state index contributed by atoms with van der Waals surface area (Å²) in [7, 11) is 0. The van der Waals surface area contributed by atoms with Gasteiger partial charge in [-0.15, -0.1) is 0 Å². The van der Waals surface area contributed by atoms with Gasteiger partial charge in [0, 0.05) is 30.7 Å². The van der Waals surface area contributed by atoms with Crippen LogP contribution in [0.1, 0.15) is 81.4 Å². The summed E-state index contributed by atoms with van der Waals surface area (Å²) < 4.78 is 2.54. The highest BCUT2D eigenvalue weighted by molar-refractivity contribution is 7.80. The Kier molecular flexibility index (Phi) is 5.77. The first kappa shape index (κ1) is 18.5. The van der Waals surface area contributed by atoms with Gasteiger partial charge in [-0.2, -0.15) is 0 Å². The van der Waals surface area contributed by atoms with Crippen LogP contribution >= 0.6 is 12.2 Å². The van der Waals surface area contributed by atoms with Crippen LogP contribution in [0.2, 0.25) is 0 Å². The number of nitrogens with one attached hydrogen (secondary N) is 1. The van der Waals surface area contributed by atoms with Gasteiger partial charge in [0.05, 0.1) is 17.8 Å². The molecule has 4 nitrogen and oxygen atoms in total. The Morgan fingerprint density at radius 3 is 2.74 bits per heavy atom. The van der Waals surface area contributed by atoms with E-state index >= 15 is 0 Å². The number of nitrogens with zero attached hydrogens (tertiary/aromatic N) is 3. The second-order valence-electron chi connectivity index (χ2n) is 7.81. The molecular weight excluding hydrogens is 352 g/mol. The van der Waals surface area contributed by atoms with Crippen molar-refractivity contribution in [2.24, 2.45) is 0 Å². The topological polar surface area (TPSA) is 33.1 Å². The molecule has 5 heteroatoms. The van der Waals surface area contributed by atoms with E-state index in [4.69, 9.17) is 12.2 Å². The molecular formula is C22H30N4S. The van der Waals surface area contributed by atoms with E-state index < -0.39 is 0 Å². The maximum Gasteiger partial charge on any atom is 0.170 e. The van der Waals surface area contributed by atoms with E-state index in [1.165, 1.54) is 44.2 Å². The monoisotopic (exact) mass is 382 g/mol. The number of thiocarbonyl (C=S) groups is 1. The molecule has 144 valence electrons. The summed E-state index contributed by atoms with van der Waals surface area (Å²) in [5, 5.41) is 4.44. The van der Waals surface area contributed by atoms with Crippen molar-refractivity contribution in [1.29, 1.82) is 0 Å². The molecule has 1 saturated heterocycles. The lowest BCUT2D eigenvalue weighted by Gasteiger charge is -2.32. The third-order valence-corrected chi connectivity index (χ3v) is 6.39. The van der Waals surface area contributed by atoms with Crippen LogP contribution in [0.5, 0.6) is 0 Å². The number of hydrogen-bond acceptors (Lipinski definition) is 2. The fourth-order valence-corrected chi connectivity index (χ4v) is 4.98. The van der Waals surface area contributed by atoms with Gasteiger partial charge in [0.15, 0.2) is 5.11 Å². The predicted octanol–water partition coefficient (Wildman–Crippen LogP) is 5.16. The van der Waals surface area contributed by atoms with E-state index in [9.17, 15) is 0 Å². The first-order valence-corrected chi connectivity index (χ1v) is 10.8. The van der Waals surface area contributed by atoms with Gasteiger partial charge in [0.2, 0.25) is 0 Å². The molecule has 0 bridgehead atoms. The highest BCUT2D eigenvalue weighted by Crippen LogP contribution is 2.41. The Hall–Kier alpha value is -1.88. The minimum absolute atomic E-state index is 0.104. The first-order valence-electron chi connectivity index (χ1n) is 10.4. The van der Waals surface area contributed by atoms with Gasteiger partial charge in [-0.1, -0.05) is 38.7 Å². The molecule has 4 rings (SSSR count). The lowest BCUT2D eigenvalue weighted by molar-refractivity contribution is 0.277. The fourth-order valence-electron chi connectivity index (χ4n) is 4.65. The Bertz CT molecular complexity index is 751. The molecule has 1 aliphatic carbocycles. The molecule has 27 heavy (non-hydrogen) atoms. The molecule has 2 aromatic heterocycles. The Morgan fingerprint density at radius 1 is 1.15 bits per heavy atom. The lowest BCUT2D eigenvalue weighted by atomic mass is 9.94. The molecule has 2 aromatic rings. The summed E-state index contributed by atoms with van der Waals surface area (Å²) in [5.74, 6) is 0. The fraction of sp³-hybridized carbons (Fsp3) is 0.545. The van der Waals surface area contributed by atoms with Crippen molar-refractivity contribution in [2.75, 3.05) is 6.54 Å². The number of aromatic nitrogens is 2. The average molecular weight is 383 g/mol. The third kappa shape index (κ3) is 3.75. The van der Waals surface area contributed by atoms with Crippen molar-refractivity contribution >= 4 is 17.3 Å². The van der Waals surface area contributed by atoms with Crippen molar-refractivity contribution in [3.8, 4) is 0 Å². The van der Waals surface area contributed by atoms with Crippen LogP contribution in [0.25, 0.3) is 0 Å². The molecule has 0 aromatic carbocycles. The second kappa shape index (κ2) is 8.42. The number of rotatable bonds is 6.